The van der Waals surface area contributed by atoms with E-state index in [0.717, 1.165) is 0 Å². The molecule has 0 atom stereocenters. The van der Waals surface area contributed by atoms with Crippen molar-refractivity contribution < 1.29 is 0 Å². The quantitative estimate of drug-likeness (QED) is 0.197. The summed E-state index contributed by atoms with van der Waals surface area (Å²) in [6.07, 6.45) is 0. The predicted octanol–water partition coefficient (Wildman–Crippen LogP) is 10.8. The van der Waals surface area contributed by atoms with Crippen LogP contribution in [0.2, 0.25) is 19.6 Å². The summed E-state index contributed by atoms with van der Waals surface area (Å²) in [5, 5.41) is 6.74. The summed E-state index contributed by atoms with van der Waals surface area (Å²) in [6.45, 7) is 7.19. The zero-order valence-electron chi connectivity index (χ0n) is 22.5. The molecular formula is C37H30SSi. The van der Waals surface area contributed by atoms with Gasteiger partial charge in [0.1, 0.15) is 0 Å². The van der Waals surface area contributed by atoms with Crippen LogP contribution in [0.4, 0.5) is 0 Å². The highest BCUT2D eigenvalue weighted by Crippen LogP contribution is 2.40. The number of hydrogen-bond donors (Lipinski definition) is 0. The zero-order valence-corrected chi connectivity index (χ0v) is 24.3. The second kappa shape index (κ2) is 9.34. The van der Waals surface area contributed by atoms with E-state index >= 15 is 0 Å². The Balaban J connectivity index is 1.19. The molecule has 0 fully saturated rings. The first kappa shape index (κ1) is 24.1. The van der Waals surface area contributed by atoms with Crippen LogP contribution in [0.5, 0.6) is 0 Å². The van der Waals surface area contributed by atoms with Gasteiger partial charge in [-0.05, 0) is 62.4 Å². The van der Waals surface area contributed by atoms with Gasteiger partial charge in [-0.3, -0.25) is 0 Å². The Morgan fingerprint density at radius 3 is 1.64 bits per heavy atom. The van der Waals surface area contributed by atoms with Gasteiger partial charge >= 0.3 is 0 Å². The molecular weight excluding hydrogens is 505 g/mol. The molecule has 7 rings (SSSR count). The number of rotatable bonds is 4. The van der Waals surface area contributed by atoms with Gasteiger partial charge in [0.2, 0.25) is 0 Å². The van der Waals surface area contributed by atoms with Crippen molar-refractivity contribution in [3.63, 3.8) is 0 Å². The van der Waals surface area contributed by atoms with E-state index in [4.69, 9.17) is 0 Å². The molecule has 1 heterocycles. The molecule has 0 saturated heterocycles. The minimum Gasteiger partial charge on any atom is -0.135 e. The standard InChI is InChI=1S/C37H30SSi/c1-39(2,3)32-21-19-26(20-22-32)29-16-18-30-23-28(15-17-31(30)24-29)25-11-13-27(14-12-25)33-8-6-9-35-34-7-4-5-10-36(34)38-37(33)35/h4-24H,1-3H3. The highest BCUT2D eigenvalue weighted by Gasteiger charge is 2.16. The number of fused-ring (bicyclic) bond motifs is 4. The maximum Gasteiger partial charge on any atom is 0.0775 e. The lowest BCUT2D eigenvalue weighted by Crippen LogP contribution is -2.37. The van der Waals surface area contributed by atoms with Gasteiger partial charge in [-0.25, -0.2) is 0 Å². The average Bonchev–Trinajstić information content (AvgIpc) is 3.35. The van der Waals surface area contributed by atoms with Gasteiger partial charge in [0.25, 0.3) is 0 Å². The Morgan fingerprint density at radius 1 is 0.462 bits per heavy atom. The van der Waals surface area contributed by atoms with Crippen molar-refractivity contribution in [2.24, 2.45) is 0 Å². The van der Waals surface area contributed by atoms with E-state index in [2.05, 4.69) is 147 Å². The molecule has 188 valence electrons. The third kappa shape index (κ3) is 4.40. The van der Waals surface area contributed by atoms with Crippen LogP contribution in [-0.2, 0) is 0 Å². The largest absolute Gasteiger partial charge is 0.135 e. The van der Waals surface area contributed by atoms with E-state index in [1.807, 2.05) is 11.3 Å². The van der Waals surface area contributed by atoms with E-state index in [9.17, 15) is 0 Å². The van der Waals surface area contributed by atoms with E-state index in [1.54, 1.807) is 0 Å². The van der Waals surface area contributed by atoms with Gasteiger partial charge in [0, 0.05) is 20.2 Å². The van der Waals surface area contributed by atoms with Crippen LogP contribution in [0.3, 0.4) is 0 Å². The van der Waals surface area contributed by atoms with Crippen molar-refractivity contribution in [2.75, 3.05) is 0 Å². The fourth-order valence-corrected chi connectivity index (χ4v) is 7.99. The topological polar surface area (TPSA) is 0 Å². The second-order valence-electron chi connectivity index (χ2n) is 11.5. The molecule has 0 N–H and O–H groups in total. The molecule has 0 bridgehead atoms. The molecule has 0 aliphatic heterocycles. The van der Waals surface area contributed by atoms with Crippen molar-refractivity contribution >= 4 is 55.5 Å². The van der Waals surface area contributed by atoms with Crippen molar-refractivity contribution in [1.82, 2.24) is 0 Å². The SMILES string of the molecule is C[Si](C)(C)c1ccc(-c2ccc3cc(-c4ccc(-c5cccc6c5sc5ccccc56)cc4)ccc3c2)cc1. The summed E-state index contributed by atoms with van der Waals surface area (Å²) in [5.41, 5.74) is 7.63. The molecule has 39 heavy (non-hydrogen) atoms. The normalized spacial score (nSPS) is 12.0. The van der Waals surface area contributed by atoms with Crippen molar-refractivity contribution in [1.29, 1.82) is 0 Å². The van der Waals surface area contributed by atoms with E-state index in [-0.39, 0.29) is 0 Å². The highest BCUT2D eigenvalue weighted by atomic mass is 32.1. The minimum absolute atomic E-state index is 1.25. The Morgan fingerprint density at radius 2 is 1.00 bits per heavy atom. The summed E-state index contributed by atoms with van der Waals surface area (Å²) < 4.78 is 2.71. The van der Waals surface area contributed by atoms with Crippen LogP contribution in [0.15, 0.2) is 127 Å². The Kier molecular flexibility index (Phi) is 5.77. The molecule has 0 spiro atoms. The second-order valence-corrected chi connectivity index (χ2v) is 17.6. The molecule has 7 aromatic rings. The summed E-state index contributed by atoms with van der Waals surface area (Å²) in [4.78, 5) is 0. The Hall–Kier alpha value is -3.98. The maximum absolute atomic E-state index is 2.40. The van der Waals surface area contributed by atoms with E-state index in [0.29, 0.717) is 0 Å². The van der Waals surface area contributed by atoms with Gasteiger partial charge in [-0.1, -0.05) is 134 Å². The number of benzene rings is 6. The summed E-state index contributed by atoms with van der Waals surface area (Å²) >= 11 is 1.89. The smallest absolute Gasteiger partial charge is 0.0775 e. The van der Waals surface area contributed by atoms with E-state index < -0.39 is 8.07 Å². The van der Waals surface area contributed by atoms with E-state index in [1.165, 1.54) is 69.5 Å². The van der Waals surface area contributed by atoms with Gasteiger partial charge in [0.05, 0.1) is 8.07 Å². The molecule has 0 radical (unpaired) electrons. The summed E-state index contributed by atoms with van der Waals surface area (Å²) in [6, 6.07) is 47.3. The maximum atomic E-state index is 2.40. The molecule has 0 amide bonds. The average molecular weight is 535 g/mol. The van der Waals surface area contributed by atoms with Crippen molar-refractivity contribution in [3.8, 4) is 33.4 Å². The molecule has 0 aliphatic rings. The van der Waals surface area contributed by atoms with Crippen LogP contribution < -0.4 is 5.19 Å². The summed E-state index contributed by atoms with van der Waals surface area (Å²) in [5.74, 6) is 0. The van der Waals surface area contributed by atoms with Gasteiger partial charge in [-0.15, -0.1) is 11.3 Å². The molecule has 0 unspecified atom stereocenters. The van der Waals surface area contributed by atoms with Crippen LogP contribution in [-0.4, -0.2) is 8.07 Å². The van der Waals surface area contributed by atoms with Crippen molar-refractivity contribution in [2.45, 2.75) is 19.6 Å². The molecule has 0 saturated carbocycles. The van der Waals surface area contributed by atoms with Crippen LogP contribution >= 0.6 is 11.3 Å². The Labute approximate surface area is 235 Å². The Bertz CT molecular complexity index is 1970. The molecule has 2 heteroatoms. The minimum atomic E-state index is -1.28. The van der Waals surface area contributed by atoms with Crippen LogP contribution in [0.1, 0.15) is 0 Å². The molecule has 6 aromatic carbocycles. The lowest BCUT2D eigenvalue weighted by atomic mass is 9.96. The fourth-order valence-electron chi connectivity index (χ4n) is 5.58. The third-order valence-corrected chi connectivity index (χ3v) is 11.1. The predicted molar refractivity (Wildman–Crippen MR) is 176 cm³/mol. The number of hydrogen-bond acceptors (Lipinski definition) is 1. The monoisotopic (exact) mass is 534 g/mol. The van der Waals surface area contributed by atoms with Gasteiger partial charge in [0.15, 0.2) is 0 Å². The third-order valence-electron chi connectivity index (χ3n) is 7.86. The fraction of sp³-hybridized carbons (Fsp3) is 0.0811. The zero-order chi connectivity index (χ0) is 26.6. The first-order valence-corrected chi connectivity index (χ1v) is 17.9. The molecule has 0 aliphatic carbocycles. The molecule has 0 nitrogen and oxygen atoms in total. The lowest BCUT2D eigenvalue weighted by Gasteiger charge is -2.17. The first-order valence-electron chi connectivity index (χ1n) is 13.6. The highest BCUT2D eigenvalue weighted by molar-refractivity contribution is 7.26. The first-order chi connectivity index (χ1) is 18.9. The van der Waals surface area contributed by atoms with Crippen LogP contribution in [0, 0.1) is 0 Å². The number of thiophene rings is 1. The van der Waals surface area contributed by atoms with Crippen molar-refractivity contribution in [3.05, 3.63) is 127 Å². The summed E-state index contributed by atoms with van der Waals surface area (Å²) in [7, 11) is -1.28. The van der Waals surface area contributed by atoms with Gasteiger partial charge < -0.3 is 0 Å². The lowest BCUT2D eigenvalue weighted by molar-refractivity contribution is 1.62. The van der Waals surface area contributed by atoms with Gasteiger partial charge in [-0.2, -0.15) is 0 Å². The van der Waals surface area contributed by atoms with Crippen LogP contribution in [0.25, 0.3) is 64.3 Å². The molecule has 1 aromatic heterocycles.